The minimum atomic E-state index is 0.504. The summed E-state index contributed by atoms with van der Waals surface area (Å²) in [5.41, 5.74) is 6.95. The van der Waals surface area contributed by atoms with Crippen LogP contribution in [-0.2, 0) is 6.54 Å². The maximum absolute atomic E-state index is 5.85. The van der Waals surface area contributed by atoms with Gasteiger partial charge in [0.15, 0.2) is 5.96 Å². The first-order valence-corrected chi connectivity index (χ1v) is 7.73. The van der Waals surface area contributed by atoms with Crippen LogP contribution < -0.4 is 15.8 Å². The Bertz CT molecular complexity index is 441. The zero-order valence-electron chi connectivity index (χ0n) is 13.7. The third-order valence-corrected chi connectivity index (χ3v) is 2.94. The van der Waals surface area contributed by atoms with Crippen molar-refractivity contribution in [1.29, 1.82) is 0 Å². The molecular weight excluding hydrogens is 262 g/mol. The monoisotopic (exact) mass is 291 g/mol. The van der Waals surface area contributed by atoms with Crippen LogP contribution in [0.5, 0.6) is 5.75 Å². The summed E-state index contributed by atoms with van der Waals surface area (Å²) in [4.78, 5) is 4.36. The fourth-order valence-corrected chi connectivity index (χ4v) is 1.72. The molecule has 0 spiro atoms. The third-order valence-electron chi connectivity index (χ3n) is 2.94. The molecule has 0 aromatic heterocycles. The number of hydrogen-bond acceptors (Lipinski definition) is 2. The highest BCUT2D eigenvalue weighted by Gasteiger charge is 2.00. The maximum atomic E-state index is 5.85. The van der Waals surface area contributed by atoms with Crippen LogP contribution in [0.1, 0.15) is 39.7 Å². The predicted molar refractivity (Wildman–Crippen MR) is 89.6 cm³/mol. The molecule has 4 nitrogen and oxygen atoms in total. The molecule has 118 valence electrons. The molecule has 21 heavy (non-hydrogen) atoms. The number of nitrogens with zero attached hydrogens (tertiary/aromatic N) is 1. The van der Waals surface area contributed by atoms with Gasteiger partial charge in [-0.15, -0.1) is 0 Å². The number of nitrogens with two attached hydrogens (primary N) is 1. The van der Waals surface area contributed by atoms with Crippen molar-refractivity contribution in [2.75, 3.05) is 13.2 Å². The molecule has 0 aliphatic carbocycles. The summed E-state index contributed by atoms with van der Waals surface area (Å²) in [5.74, 6) is 2.58. The van der Waals surface area contributed by atoms with Crippen molar-refractivity contribution in [3.05, 3.63) is 29.8 Å². The van der Waals surface area contributed by atoms with Crippen LogP contribution in [0.2, 0.25) is 0 Å². The lowest BCUT2D eigenvalue weighted by Gasteiger charge is -2.10. The van der Waals surface area contributed by atoms with Gasteiger partial charge in [-0.2, -0.15) is 0 Å². The van der Waals surface area contributed by atoms with Gasteiger partial charge < -0.3 is 15.8 Å². The smallest absolute Gasteiger partial charge is 0.188 e. The largest absolute Gasteiger partial charge is 0.493 e. The summed E-state index contributed by atoms with van der Waals surface area (Å²) in [6, 6.07) is 8.02. The first-order chi connectivity index (χ1) is 9.97. The molecule has 0 saturated carbocycles. The van der Waals surface area contributed by atoms with Crippen molar-refractivity contribution in [3.8, 4) is 5.75 Å². The van der Waals surface area contributed by atoms with Crippen molar-refractivity contribution < 1.29 is 4.74 Å². The zero-order valence-corrected chi connectivity index (χ0v) is 13.7. The number of nitrogens with one attached hydrogen (secondary N) is 1. The van der Waals surface area contributed by atoms with E-state index in [1.54, 1.807) is 0 Å². The van der Waals surface area contributed by atoms with Gasteiger partial charge in [-0.05, 0) is 36.0 Å². The first-order valence-electron chi connectivity index (χ1n) is 7.73. The number of benzene rings is 1. The summed E-state index contributed by atoms with van der Waals surface area (Å²) in [6.45, 7) is 10.8. The predicted octanol–water partition coefficient (Wildman–Crippen LogP) is 3.17. The summed E-state index contributed by atoms with van der Waals surface area (Å²) in [5, 5.41) is 3.14. The van der Waals surface area contributed by atoms with Gasteiger partial charge in [-0.1, -0.05) is 39.8 Å². The molecule has 0 heterocycles. The Labute approximate surface area is 128 Å². The van der Waals surface area contributed by atoms with Gasteiger partial charge in [0.05, 0.1) is 13.2 Å². The molecule has 0 aliphatic rings. The lowest BCUT2D eigenvalue weighted by Crippen LogP contribution is -2.32. The van der Waals surface area contributed by atoms with Crippen LogP contribution in [0.15, 0.2) is 29.3 Å². The van der Waals surface area contributed by atoms with Crippen molar-refractivity contribution in [1.82, 2.24) is 5.32 Å². The number of rotatable bonds is 8. The standard InChI is InChI=1S/C17H29N3O/c1-13(2)8-9-19-17(18)20-11-15-6-5-7-16(10-15)21-12-14(3)4/h5-7,10,13-14H,8-9,11-12H2,1-4H3,(H3,18,19,20). The lowest BCUT2D eigenvalue weighted by molar-refractivity contribution is 0.271. The molecule has 0 saturated heterocycles. The second-order valence-electron chi connectivity index (χ2n) is 6.16. The van der Waals surface area contributed by atoms with Crippen molar-refractivity contribution >= 4 is 5.96 Å². The van der Waals surface area contributed by atoms with E-state index in [0.717, 1.165) is 30.9 Å². The SMILES string of the molecule is CC(C)CCNC(N)=NCc1cccc(OCC(C)C)c1. The molecule has 0 fully saturated rings. The Morgan fingerprint density at radius 3 is 2.67 bits per heavy atom. The van der Waals surface area contributed by atoms with E-state index >= 15 is 0 Å². The van der Waals surface area contributed by atoms with Crippen LogP contribution in [0.25, 0.3) is 0 Å². The fourth-order valence-electron chi connectivity index (χ4n) is 1.72. The molecular formula is C17H29N3O. The van der Waals surface area contributed by atoms with Crippen LogP contribution in [0.3, 0.4) is 0 Å². The molecule has 0 unspecified atom stereocenters. The van der Waals surface area contributed by atoms with E-state index < -0.39 is 0 Å². The van der Waals surface area contributed by atoms with E-state index in [-0.39, 0.29) is 0 Å². The van der Waals surface area contributed by atoms with Gasteiger partial charge in [-0.25, -0.2) is 4.99 Å². The van der Waals surface area contributed by atoms with Gasteiger partial charge in [-0.3, -0.25) is 0 Å². The highest BCUT2D eigenvalue weighted by atomic mass is 16.5. The lowest BCUT2D eigenvalue weighted by atomic mass is 10.1. The van der Waals surface area contributed by atoms with Gasteiger partial charge >= 0.3 is 0 Å². The van der Waals surface area contributed by atoms with E-state index in [2.05, 4.69) is 38.0 Å². The van der Waals surface area contributed by atoms with Crippen LogP contribution in [0.4, 0.5) is 0 Å². The number of ether oxygens (including phenoxy) is 1. The molecule has 0 aliphatic heterocycles. The van der Waals surface area contributed by atoms with E-state index in [0.29, 0.717) is 24.3 Å². The van der Waals surface area contributed by atoms with Gasteiger partial charge in [0.1, 0.15) is 5.75 Å². The zero-order chi connectivity index (χ0) is 15.7. The van der Waals surface area contributed by atoms with Crippen LogP contribution in [0, 0.1) is 11.8 Å². The molecule has 3 N–H and O–H groups in total. The van der Waals surface area contributed by atoms with E-state index in [4.69, 9.17) is 10.5 Å². The van der Waals surface area contributed by atoms with E-state index in [1.807, 2.05) is 24.3 Å². The van der Waals surface area contributed by atoms with Crippen LogP contribution in [-0.4, -0.2) is 19.1 Å². The molecule has 1 aromatic carbocycles. The van der Waals surface area contributed by atoms with Crippen molar-refractivity contribution in [2.45, 2.75) is 40.7 Å². The second-order valence-corrected chi connectivity index (χ2v) is 6.16. The molecule has 1 rings (SSSR count). The molecule has 0 radical (unpaired) electrons. The van der Waals surface area contributed by atoms with Gasteiger partial charge in [0, 0.05) is 6.54 Å². The normalized spacial score (nSPS) is 12.0. The maximum Gasteiger partial charge on any atom is 0.188 e. The minimum Gasteiger partial charge on any atom is -0.493 e. The van der Waals surface area contributed by atoms with Gasteiger partial charge in [0.2, 0.25) is 0 Å². The van der Waals surface area contributed by atoms with E-state index in [1.165, 1.54) is 0 Å². The molecule has 0 atom stereocenters. The Morgan fingerprint density at radius 1 is 1.24 bits per heavy atom. The Morgan fingerprint density at radius 2 is 2.00 bits per heavy atom. The van der Waals surface area contributed by atoms with Crippen molar-refractivity contribution in [2.24, 2.45) is 22.6 Å². The second kappa shape index (κ2) is 9.27. The quantitative estimate of drug-likeness (QED) is 0.571. The molecule has 0 bridgehead atoms. The summed E-state index contributed by atoms with van der Waals surface area (Å²) >= 11 is 0. The number of aliphatic imine (C=N–C) groups is 1. The molecule has 4 heteroatoms. The summed E-state index contributed by atoms with van der Waals surface area (Å²) < 4.78 is 5.71. The van der Waals surface area contributed by atoms with Crippen molar-refractivity contribution in [3.63, 3.8) is 0 Å². The minimum absolute atomic E-state index is 0.504. The van der Waals surface area contributed by atoms with Gasteiger partial charge in [0.25, 0.3) is 0 Å². The Balaban J connectivity index is 2.45. The van der Waals surface area contributed by atoms with E-state index in [9.17, 15) is 0 Å². The highest BCUT2D eigenvalue weighted by Crippen LogP contribution is 2.15. The number of hydrogen-bond donors (Lipinski definition) is 2. The first kappa shape index (κ1) is 17.3. The number of guanidine groups is 1. The summed E-state index contributed by atoms with van der Waals surface area (Å²) in [6.07, 6.45) is 1.09. The molecule has 0 amide bonds. The highest BCUT2D eigenvalue weighted by molar-refractivity contribution is 5.77. The average Bonchev–Trinajstić information content (AvgIpc) is 2.43. The summed E-state index contributed by atoms with van der Waals surface area (Å²) in [7, 11) is 0. The Hall–Kier alpha value is -1.71. The fraction of sp³-hybridized carbons (Fsp3) is 0.588. The molecule has 1 aromatic rings. The third kappa shape index (κ3) is 8.23. The average molecular weight is 291 g/mol. The topological polar surface area (TPSA) is 59.6 Å². The Kier molecular flexibility index (Phi) is 7.65. The van der Waals surface area contributed by atoms with Crippen LogP contribution >= 0.6 is 0 Å².